The monoisotopic (exact) mass is 403 g/mol. The molecule has 2 rings (SSSR count). The molecule has 0 unspecified atom stereocenters. The molecule has 1 aliphatic heterocycles. The van der Waals surface area contributed by atoms with E-state index in [0.717, 1.165) is 53.5 Å². The molecule has 1 saturated heterocycles. The van der Waals surface area contributed by atoms with Crippen molar-refractivity contribution in [2.45, 2.75) is 25.9 Å². The number of likely N-dealkylation sites (tertiary alicyclic amines) is 1. The van der Waals surface area contributed by atoms with Gasteiger partial charge in [-0.1, -0.05) is 37.9 Å². The molecule has 1 fully saturated rings. The van der Waals surface area contributed by atoms with Crippen LogP contribution in [0.15, 0.2) is 22.7 Å². The molecule has 1 heterocycles. The zero-order chi connectivity index (χ0) is 14.5. The van der Waals surface area contributed by atoms with Crippen LogP contribution in [-0.2, 0) is 4.74 Å². The lowest BCUT2D eigenvalue weighted by atomic mass is 10.0. The second-order valence-corrected chi connectivity index (χ2v) is 6.61. The highest BCUT2D eigenvalue weighted by atomic mass is 79.9. The lowest BCUT2D eigenvalue weighted by molar-refractivity contribution is 0.0160. The molecular formula is C15H19Br2NO2. The molecule has 0 radical (unpaired) electrons. The number of alkyl halides is 1. The van der Waals surface area contributed by atoms with Crippen molar-refractivity contribution in [2.75, 3.05) is 25.0 Å². The molecule has 1 aromatic carbocycles. The summed E-state index contributed by atoms with van der Waals surface area (Å²) in [5, 5.41) is 0.864. The van der Waals surface area contributed by atoms with Crippen LogP contribution < -0.4 is 0 Å². The van der Waals surface area contributed by atoms with Crippen molar-refractivity contribution >= 4 is 37.8 Å². The summed E-state index contributed by atoms with van der Waals surface area (Å²) in [6.07, 6.45) is 2.14. The molecule has 0 saturated carbocycles. The Kier molecular flexibility index (Phi) is 6.05. The van der Waals surface area contributed by atoms with Crippen molar-refractivity contribution in [3.8, 4) is 0 Å². The Bertz CT molecular complexity index is 471. The number of carbonyl (C=O) groups is 1. The maximum Gasteiger partial charge on any atom is 0.254 e. The highest BCUT2D eigenvalue weighted by molar-refractivity contribution is 9.10. The quantitative estimate of drug-likeness (QED) is 0.714. The van der Waals surface area contributed by atoms with Crippen LogP contribution in [0.2, 0.25) is 0 Å². The molecule has 0 spiro atoms. The number of halogens is 2. The second-order valence-electron chi connectivity index (χ2n) is 4.96. The third-order valence-electron chi connectivity index (χ3n) is 3.66. The van der Waals surface area contributed by atoms with Crippen molar-refractivity contribution in [3.05, 3.63) is 33.8 Å². The minimum atomic E-state index is 0.128. The van der Waals surface area contributed by atoms with E-state index >= 15 is 0 Å². The summed E-state index contributed by atoms with van der Waals surface area (Å²) >= 11 is 6.84. The first-order valence-electron chi connectivity index (χ1n) is 6.85. The van der Waals surface area contributed by atoms with Crippen LogP contribution in [-0.4, -0.2) is 41.9 Å². The fraction of sp³-hybridized carbons (Fsp3) is 0.533. The van der Waals surface area contributed by atoms with Crippen molar-refractivity contribution in [1.29, 1.82) is 0 Å². The van der Waals surface area contributed by atoms with E-state index in [1.54, 1.807) is 0 Å². The van der Waals surface area contributed by atoms with Gasteiger partial charge in [-0.25, -0.2) is 0 Å². The summed E-state index contributed by atoms with van der Waals surface area (Å²) in [5.74, 6) is 0.128. The van der Waals surface area contributed by atoms with E-state index in [9.17, 15) is 4.79 Å². The molecule has 1 amide bonds. The Morgan fingerprint density at radius 2 is 2.10 bits per heavy atom. The number of nitrogens with zero attached hydrogens (tertiary/aromatic N) is 1. The third-order valence-corrected chi connectivity index (χ3v) is 4.84. The van der Waals surface area contributed by atoms with Crippen molar-refractivity contribution in [1.82, 2.24) is 4.90 Å². The first kappa shape index (κ1) is 16.0. The summed E-state index contributed by atoms with van der Waals surface area (Å²) in [5.41, 5.74) is 1.80. The second kappa shape index (κ2) is 7.57. The first-order chi connectivity index (χ1) is 9.63. The average Bonchev–Trinajstić information content (AvgIpc) is 2.48. The fourth-order valence-electron chi connectivity index (χ4n) is 2.45. The van der Waals surface area contributed by atoms with E-state index in [0.29, 0.717) is 6.10 Å². The molecule has 0 aliphatic carbocycles. The molecule has 5 heteroatoms. The van der Waals surface area contributed by atoms with Crippen LogP contribution in [0.1, 0.15) is 28.8 Å². The number of amides is 1. The summed E-state index contributed by atoms with van der Waals surface area (Å²) < 4.78 is 6.70. The van der Waals surface area contributed by atoms with Gasteiger partial charge in [-0.3, -0.25) is 4.79 Å². The smallest absolute Gasteiger partial charge is 0.254 e. The largest absolute Gasteiger partial charge is 0.377 e. The van der Waals surface area contributed by atoms with Gasteiger partial charge in [0.05, 0.1) is 12.7 Å². The van der Waals surface area contributed by atoms with Gasteiger partial charge in [-0.15, -0.1) is 0 Å². The van der Waals surface area contributed by atoms with Gasteiger partial charge >= 0.3 is 0 Å². The molecule has 20 heavy (non-hydrogen) atoms. The number of piperidine rings is 1. The van der Waals surface area contributed by atoms with Crippen LogP contribution in [0, 0.1) is 6.92 Å². The van der Waals surface area contributed by atoms with Gasteiger partial charge < -0.3 is 9.64 Å². The first-order valence-corrected chi connectivity index (χ1v) is 8.77. The summed E-state index contributed by atoms with van der Waals surface area (Å²) in [6, 6.07) is 5.78. The van der Waals surface area contributed by atoms with Crippen molar-refractivity contribution in [3.63, 3.8) is 0 Å². The SMILES string of the molecule is Cc1c(Br)cccc1C(=O)N1CCC(OCCBr)CC1. The highest BCUT2D eigenvalue weighted by Crippen LogP contribution is 2.22. The molecule has 0 bridgehead atoms. The van der Waals surface area contributed by atoms with Gasteiger partial charge in [-0.05, 0) is 37.5 Å². The minimum absolute atomic E-state index is 0.128. The third kappa shape index (κ3) is 3.83. The Balaban J connectivity index is 1.96. The molecule has 0 atom stereocenters. The van der Waals surface area contributed by atoms with Gasteiger partial charge in [0, 0.05) is 28.5 Å². The zero-order valence-corrected chi connectivity index (χ0v) is 14.7. The number of benzene rings is 1. The molecular weight excluding hydrogens is 386 g/mol. The standard InChI is InChI=1S/C15H19Br2NO2/c1-11-13(3-2-4-14(11)17)15(19)18-8-5-12(6-9-18)20-10-7-16/h2-4,12H,5-10H2,1H3. The van der Waals surface area contributed by atoms with E-state index in [2.05, 4.69) is 31.9 Å². The summed E-state index contributed by atoms with van der Waals surface area (Å²) in [6.45, 7) is 4.27. The lowest BCUT2D eigenvalue weighted by Crippen LogP contribution is -2.41. The van der Waals surface area contributed by atoms with Gasteiger partial charge in [-0.2, -0.15) is 0 Å². The van der Waals surface area contributed by atoms with E-state index in [-0.39, 0.29) is 5.91 Å². The summed E-state index contributed by atoms with van der Waals surface area (Å²) in [4.78, 5) is 14.5. The predicted octanol–water partition coefficient (Wildman–Crippen LogP) is 3.77. The Morgan fingerprint density at radius 3 is 2.75 bits per heavy atom. The maximum absolute atomic E-state index is 12.6. The zero-order valence-electron chi connectivity index (χ0n) is 11.6. The van der Waals surface area contributed by atoms with E-state index in [1.165, 1.54) is 0 Å². The van der Waals surface area contributed by atoms with Crippen LogP contribution >= 0.6 is 31.9 Å². The molecule has 3 nitrogen and oxygen atoms in total. The lowest BCUT2D eigenvalue weighted by Gasteiger charge is -2.32. The van der Waals surface area contributed by atoms with Crippen LogP contribution in [0.25, 0.3) is 0 Å². The predicted molar refractivity (Wildman–Crippen MR) is 87.6 cm³/mol. The molecule has 0 aromatic heterocycles. The van der Waals surface area contributed by atoms with Gasteiger partial charge in [0.15, 0.2) is 0 Å². The maximum atomic E-state index is 12.6. The minimum Gasteiger partial charge on any atom is -0.377 e. The highest BCUT2D eigenvalue weighted by Gasteiger charge is 2.24. The van der Waals surface area contributed by atoms with Crippen molar-refractivity contribution < 1.29 is 9.53 Å². The van der Waals surface area contributed by atoms with Crippen LogP contribution in [0.3, 0.4) is 0 Å². The number of hydrogen-bond donors (Lipinski definition) is 0. The Morgan fingerprint density at radius 1 is 1.40 bits per heavy atom. The van der Waals surface area contributed by atoms with Crippen LogP contribution in [0.4, 0.5) is 0 Å². The van der Waals surface area contributed by atoms with Crippen molar-refractivity contribution in [2.24, 2.45) is 0 Å². The van der Waals surface area contributed by atoms with Crippen LogP contribution in [0.5, 0.6) is 0 Å². The number of carbonyl (C=O) groups excluding carboxylic acids is 1. The van der Waals surface area contributed by atoms with E-state index < -0.39 is 0 Å². The summed E-state index contributed by atoms with van der Waals surface area (Å²) in [7, 11) is 0. The molecule has 110 valence electrons. The molecule has 1 aliphatic rings. The normalized spacial score (nSPS) is 16.4. The number of ether oxygens (including phenoxy) is 1. The topological polar surface area (TPSA) is 29.5 Å². The molecule has 1 aromatic rings. The number of rotatable bonds is 4. The van der Waals surface area contributed by atoms with Gasteiger partial charge in [0.25, 0.3) is 5.91 Å². The van der Waals surface area contributed by atoms with E-state index in [1.807, 2.05) is 30.0 Å². The average molecular weight is 405 g/mol. The van der Waals surface area contributed by atoms with Gasteiger partial charge in [0.2, 0.25) is 0 Å². The Hall–Kier alpha value is -0.390. The van der Waals surface area contributed by atoms with E-state index in [4.69, 9.17) is 4.74 Å². The number of hydrogen-bond acceptors (Lipinski definition) is 2. The van der Waals surface area contributed by atoms with Gasteiger partial charge in [0.1, 0.15) is 0 Å². The Labute approximate surface area is 136 Å². The molecule has 0 N–H and O–H groups in total. The fourth-order valence-corrected chi connectivity index (χ4v) is 3.00.